The minimum absolute atomic E-state index is 0.432. The maximum absolute atomic E-state index is 2.64. The number of hydrogen-bond donors (Lipinski definition) is 0. The molecule has 1 atom stereocenters. The van der Waals surface area contributed by atoms with Gasteiger partial charge in [0.25, 0.3) is 0 Å². The Balaban J connectivity index is 0.983. The Morgan fingerprint density at radius 2 is 0.577 bits per heavy atom. The van der Waals surface area contributed by atoms with E-state index >= 15 is 0 Å². The summed E-state index contributed by atoms with van der Waals surface area (Å²) in [6.45, 7) is 0. The molecule has 0 bridgehead atoms. The van der Waals surface area contributed by atoms with Crippen molar-refractivity contribution in [3.63, 3.8) is 0 Å². The molecule has 0 fully saturated rings. The van der Waals surface area contributed by atoms with E-state index in [0.29, 0.717) is 0 Å². The van der Waals surface area contributed by atoms with Crippen molar-refractivity contribution in [3.05, 3.63) is 281 Å². The van der Waals surface area contributed by atoms with Gasteiger partial charge in [0.2, 0.25) is 0 Å². The van der Waals surface area contributed by atoms with Crippen LogP contribution in [0.25, 0.3) is 115 Å². The van der Waals surface area contributed by atoms with Crippen LogP contribution in [0.15, 0.2) is 237 Å². The first-order chi connectivity index (χ1) is 35.3. The van der Waals surface area contributed by atoms with Crippen LogP contribution in [0, 0.1) is 0 Å². The van der Waals surface area contributed by atoms with E-state index in [2.05, 4.69) is 241 Å². The fraction of sp³-hybridized carbons (Fsp3) is 0.0286. The smallest absolute Gasteiger partial charge is 0.0726 e. The SMILES string of the molecule is c1ccc2c(c1)-c1ccccc1C21c2ccccc2-c2c1cc1c3cccc4c5c(cc(c6cccc2c61)c43)C1(c2ccccc2-c2ccc(-n3c4ccccc4c4ccccc43)cc21)c1ccccc1-5. The summed E-state index contributed by atoms with van der Waals surface area (Å²) in [6.07, 6.45) is 0. The second kappa shape index (κ2) is 12.6. The van der Waals surface area contributed by atoms with Gasteiger partial charge < -0.3 is 4.57 Å². The molecule has 13 aromatic carbocycles. The summed E-state index contributed by atoms with van der Waals surface area (Å²) in [5.74, 6) is 0. The van der Waals surface area contributed by atoms with E-state index in [9.17, 15) is 0 Å². The van der Waals surface area contributed by atoms with Gasteiger partial charge in [-0.3, -0.25) is 0 Å². The van der Waals surface area contributed by atoms with Gasteiger partial charge in [-0.15, -0.1) is 0 Å². The number of para-hydroxylation sites is 2. The van der Waals surface area contributed by atoms with E-state index in [1.54, 1.807) is 0 Å². The standard InChI is InChI=1S/C70H39N/c1-8-28-55-41(17-1)42-18-2-9-29-56(42)69(55)58-31-11-4-22-49(58)67-51-26-15-25-48-54-39-62-68(52-27-16-24-47(66(52)54)53(65(48)51)38-61(67)69)50-23-5-12-32-59(50)70(62)57-30-10-3-19-43(57)44-36-35-40(37-60(44)70)71-63-33-13-6-20-45(63)46-21-7-14-34-64(46)71/h1-39H. The molecule has 0 radical (unpaired) electrons. The van der Waals surface area contributed by atoms with Crippen LogP contribution >= 0.6 is 0 Å². The summed E-state index contributed by atoms with van der Waals surface area (Å²) in [5, 5.41) is 13.2. The Hall–Kier alpha value is -9.04. The van der Waals surface area contributed by atoms with Crippen molar-refractivity contribution in [2.45, 2.75) is 10.8 Å². The van der Waals surface area contributed by atoms with Crippen molar-refractivity contribution in [2.24, 2.45) is 0 Å². The lowest BCUT2D eigenvalue weighted by molar-refractivity contribution is 0.794. The fourth-order valence-electron chi connectivity index (χ4n) is 15.4. The molecule has 1 aromatic heterocycles. The summed E-state index contributed by atoms with van der Waals surface area (Å²) in [6, 6.07) is 90.9. The number of rotatable bonds is 1. The van der Waals surface area contributed by atoms with Crippen molar-refractivity contribution in [3.8, 4) is 50.2 Å². The summed E-state index contributed by atoms with van der Waals surface area (Å²) in [7, 11) is 0. The van der Waals surface area contributed by atoms with Crippen molar-refractivity contribution in [2.75, 3.05) is 0 Å². The maximum atomic E-state index is 2.64. The molecule has 18 rings (SSSR count). The Bertz CT molecular complexity index is 4670. The predicted molar refractivity (Wildman–Crippen MR) is 295 cm³/mol. The summed E-state index contributed by atoms with van der Waals surface area (Å²) >= 11 is 0. The monoisotopic (exact) mass is 893 g/mol. The van der Waals surface area contributed by atoms with Crippen LogP contribution in [0.1, 0.15) is 44.5 Å². The third-order valence-corrected chi connectivity index (χ3v) is 17.7. The predicted octanol–water partition coefficient (Wildman–Crippen LogP) is 17.5. The molecule has 4 aliphatic carbocycles. The molecule has 1 nitrogen and oxygen atoms in total. The van der Waals surface area contributed by atoms with Gasteiger partial charge >= 0.3 is 0 Å². The Morgan fingerprint density at radius 1 is 0.225 bits per heavy atom. The van der Waals surface area contributed by atoms with Crippen LogP contribution in [0.5, 0.6) is 0 Å². The van der Waals surface area contributed by atoms with E-state index in [1.165, 1.54) is 160 Å². The number of benzene rings is 13. The summed E-state index contributed by atoms with van der Waals surface area (Å²) in [5.41, 5.74) is 24.3. The molecule has 1 heterocycles. The van der Waals surface area contributed by atoms with E-state index in [-0.39, 0.29) is 0 Å². The molecule has 0 saturated heterocycles. The highest BCUT2D eigenvalue weighted by molar-refractivity contribution is 6.36. The van der Waals surface area contributed by atoms with Gasteiger partial charge in [0, 0.05) is 16.5 Å². The van der Waals surface area contributed by atoms with Crippen LogP contribution < -0.4 is 0 Å². The van der Waals surface area contributed by atoms with E-state index in [4.69, 9.17) is 0 Å². The highest BCUT2D eigenvalue weighted by Crippen LogP contribution is 2.67. The lowest BCUT2D eigenvalue weighted by atomic mass is 9.69. The van der Waals surface area contributed by atoms with Crippen LogP contribution in [-0.4, -0.2) is 4.57 Å². The van der Waals surface area contributed by atoms with Crippen molar-refractivity contribution < 1.29 is 0 Å². The molecule has 0 aliphatic heterocycles. The Labute approximate surface area is 409 Å². The average molecular weight is 894 g/mol. The van der Waals surface area contributed by atoms with Crippen molar-refractivity contribution in [1.82, 2.24) is 4.57 Å². The Kier molecular flexibility index (Phi) is 6.55. The summed E-state index contributed by atoms with van der Waals surface area (Å²) < 4.78 is 2.49. The van der Waals surface area contributed by atoms with Gasteiger partial charge in [-0.1, -0.05) is 200 Å². The lowest BCUT2D eigenvalue weighted by Gasteiger charge is -2.32. The van der Waals surface area contributed by atoms with Crippen molar-refractivity contribution in [1.29, 1.82) is 0 Å². The molecule has 71 heavy (non-hydrogen) atoms. The average Bonchev–Trinajstić information content (AvgIpc) is 4.24. The minimum Gasteiger partial charge on any atom is -0.309 e. The van der Waals surface area contributed by atoms with Gasteiger partial charge in [0.1, 0.15) is 0 Å². The zero-order valence-electron chi connectivity index (χ0n) is 38.5. The lowest BCUT2D eigenvalue weighted by Crippen LogP contribution is -2.26. The number of nitrogens with zero attached hydrogens (tertiary/aromatic N) is 1. The van der Waals surface area contributed by atoms with Crippen molar-refractivity contribution >= 4 is 64.9 Å². The second-order valence-electron chi connectivity index (χ2n) is 20.5. The maximum Gasteiger partial charge on any atom is 0.0726 e. The second-order valence-corrected chi connectivity index (χ2v) is 20.5. The third-order valence-electron chi connectivity index (χ3n) is 17.7. The quantitative estimate of drug-likeness (QED) is 0.114. The third kappa shape index (κ3) is 4.04. The fourth-order valence-corrected chi connectivity index (χ4v) is 15.4. The minimum atomic E-state index is -0.548. The van der Waals surface area contributed by atoms with E-state index in [0.717, 1.165) is 0 Å². The van der Waals surface area contributed by atoms with Crippen LogP contribution in [-0.2, 0) is 10.8 Å². The van der Waals surface area contributed by atoms with Crippen LogP contribution in [0.3, 0.4) is 0 Å². The molecule has 0 N–H and O–H groups in total. The first kappa shape index (κ1) is 36.9. The molecule has 4 aliphatic rings. The number of hydrogen-bond acceptors (Lipinski definition) is 0. The Morgan fingerprint density at radius 3 is 1.06 bits per heavy atom. The first-order valence-electron chi connectivity index (χ1n) is 25.1. The number of aromatic nitrogens is 1. The number of fused-ring (bicyclic) bond motifs is 27. The van der Waals surface area contributed by atoms with Gasteiger partial charge in [-0.05, 0) is 169 Å². The van der Waals surface area contributed by atoms with E-state index < -0.39 is 10.8 Å². The molecule has 1 heteroatoms. The largest absolute Gasteiger partial charge is 0.309 e. The zero-order valence-corrected chi connectivity index (χ0v) is 38.5. The van der Waals surface area contributed by atoms with E-state index in [1.807, 2.05) is 0 Å². The molecule has 14 aromatic rings. The zero-order chi connectivity index (χ0) is 45.9. The molecule has 1 unspecified atom stereocenters. The topological polar surface area (TPSA) is 4.93 Å². The molecule has 0 saturated carbocycles. The van der Waals surface area contributed by atoms with Crippen LogP contribution in [0.2, 0.25) is 0 Å². The van der Waals surface area contributed by atoms with Gasteiger partial charge in [0.15, 0.2) is 0 Å². The molecule has 324 valence electrons. The molecular formula is C70H39N. The van der Waals surface area contributed by atoms with Gasteiger partial charge in [0.05, 0.1) is 21.9 Å². The van der Waals surface area contributed by atoms with Gasteiger partial charge in [-0.25, -0.2) is 0 Å². The highest BCUT2D eigenvalue weighted by atomic mass is 15.0. The molecule has 2 spiro atoms. The molecular weight excluding hydrogens is 855 g/mol. The van der Waals surface area contributed by atoms with Gasteiger partial charge in [-0.2, -0.15) is 0 Å². The highest BCUT2D eigenvalue weighted by Gasteiger charge is 2.54. The summed E-state index contributed by atoms with van der Waals surface area (Å²) in [4.78, 5) is 0. The normalized spacial score (nSPS) is 16.1. The molecule has 0 amide bonds. The van der Waals surface area contributed by atoms with Crippen LogP contribution in [0.4, 0.5) is 0 Å². The first-order valence-corrected chi connectivity index (χ1v) is 25.1.